The second-order valence-corrected chi connectivity index (χ2v) is 5.88. The summed E-state index contributed by atoms with van der Waals surface area (Å²) < 4.78 is 2.60. The second-order valence-electron chi connectivity index (χ2n) is 5.88. The summed E-state index contributed by atoms with van der Waals surface area (Å²) in [6.07, 6.45) is 0. The summed E-state index contributed by atoms with van der Waals surface area (Å²) in [6.45, 7) is 0. The van der Waals surface area contributed by atoms with Crippen molar-refractivity contribution in [3.8, 4) is 28.9 Å². The Morgan fingerprint density at radius 1 is 1.08 bits per heavy atom. The van der Waals surface area contributed by atoms with Gasteiger partial charge in [-0.15, -0.1) is 0 Å². The molecule has 0 aliphatic carbocycles. The zero-order chi connectivity index (χ0) is 18.4. The number of benzene rings is 2. The van der Waals surface area contributed by atoms with Gasteiger partial charge in [-0.25, -0.2) is 4.79 Å². The van der Waals surface area contributed by atoms with Gasteiger partial charge >= 0.3 is 5.69 Å². The minimum Gasteiger partial charge on any atom is -0.508 e. The number of phenolic OH excluding ortho intramolecular Hbond substituents is 1. The third-order valence-corrected chi connectivity index (χ3v) is 4.28. The van der Waals surface area contributed by atoms with Gasteiger partial charge in [-0.05, 0) is 47.9 Å². The van der Waals surface area contributed by atoms with Crippen molar-refractivity contribution in [3.05, 3.63) is 74.9 Å². The zero-order valence-electron chi connectivity index (χ0n) is 13.7. The summed E-state index contributed by atoms with van der Waals surface area (Å²) >= 11 is 0. The smallest absolute Gasteiger partial charge is 0.352 e. The van der Waals surface area contributed by atoms with Gasteiger partial charge < -0.3 is 5.11 Å². The lowest BCUT2D eigenvalue weighted by atomic mass is 10.1. The van der Waals surface area contributed by atoms with E-state index in [9.17, 15) is 20.0 Å². The van der Waals surface area contributed by atoms with Crippen molar-refractivity contribution in [1.82, 2.24) is 14.1 Å². The third kappa shape index (κ3) is 2.24. The van der Waals surface area contributed by atoms with E-state index in [4.69, 9.17) is 0 Å². The van der Waals surface area contributed by atoms with Crippen LogP contribution in [0.3, 0.4) is 0 Å². The molecule has 7 nitrogen and oxygen atoms in total. The quantitative estimate of drug-likeness (QED) is 0.530. The molecule has 1 N–H and O–H groups in total. The van der Waals surface area contributed by atoms with E-state index < -0.39 is 11.2 Å². The molecule has 0 radical (unpaired) electrons. The molecule has 2 aliphatic rings. The standard InChI is InChI=1S/C19H12N4O3/c1-22-18(25)15-9-12-3-2-11(10-20)8-16(12)23(17(15)21-19(22)26)13-4-6-14(24)7-5-13/h2-9,24H,1H3. The van der Waals surface area contributed by atoms with Gasteiger partial charge in [-0.3, -0.25) is 13.9 Å². The highest BCUT2D eigenvalue weighted by Crippen LogP contribution is 2.29. The highest BCUT2D eigenvalue weighted by molar-refractivity contribution is 5.88. The molecule has 4 rings (SSSR count). The van der Waals surface area contributed by atoms with Crippen LogP contribution >= 0.6 is 0 Å². The lowest BCUT2D eigenvalue weighted by Gasteiger charge is -2.18. The first-order chi connectivity index (χ1) is 12.5. The van der Waals surface area contributed by atoms with Crippen LogP contribution in [0.2, 0.25) is 0 Å². The van der Waals surface area contributed by atoms with Crippen molar-refractivity contribution in [2.24, 2.45) is 7.05 Å². The van der Waals surface area contributed by atoms with Crippen molar-refractivity contribution in [2.75, 3.05) is 0 Å². The van der Waals surface area contributed by atoms with Gasteiger partial charge in [0.25, 0.3) is 5.56 Å². The van der Waals surface area contributed by atoms with E-state index in [0.29, 0.717) is 16.8 Å². The highest BCUT2D eigenvalue weighted by atomic mass is 16.3. The average molecular weight is 344 g/mol. The van der Waals surface area contributed by atoms with E-state index in [1.807, 2.05) is 0 Å². The van der Waals surface area contributed by atoms with E-state index in [1.165, 1.54) is 19.2 Å². The van der Waals surface area contributed by atoms with Gasteiger partial charge in [0.2, 0.25) is 0 Å². The minimum atomic E-state index is -0.661. The van der Waals surface area contributed by atoms with Crippen molar-refractivity contribution in [3.63, 3.8) is 0 Å². The third-order valence-electron chi connectivity index (χ3n) is 4.28. The Balaban J connectivity index is 2.26. The summed E-state index contributed by atoms with van der Waals surface area (Å²) in [5, 5.41) is 19.5. The number of rotatable bonds is 1. The number of aromatic hydroxyl groups is 1. The monoisotopic (exact) mass is 344 g/mol. The number of fused-ring (bicyclic) bond motifs is 2. The van der Waals surface area contributed by atoms with E-state index >= 15 is 0 Å². The highest BCUT2D eigenvalue weighted by Gasteiger charge is 2.19. The van der Waals surface area contributed by atoms with Crippen molar-refractivity contribution in [1.29, 1.82) is 5.26 Å². The molecule has 0 unspecified atom stereocenters. The van der Waals surface area contributed by atoms with Crippen molar-refractivity contribution in [2.45, 2.75) is 0 Å². The summed E-state index contributed by atoms with van der Waals surface area (Å²) in [7, 11) is 1.38. The molecule has 2 aromatic carbocycles. The van der Waals surface area contributed by atoms with Gasteiger partial charge in [-0.1, -0.05) is 6.07 Å². The SMILES string of the molecule is Cn1c(=O)nc2n(-c3ccc(O)cc3)c3cc(C#N)ccc3cc-2c1=O. The first kappa shape index (κ1) is 15.6. The van der Waals surface area contributed by atoms with Crippen LogP contribution in [0.25, 0.3) is 28.0 Å². The maximum absolute atomic E-state index is 12.6. The lowest BCUT2D eigenvalue weighted by molar-refractivity contribution is 0.475. The summed E-state index contributed by atoms with van der Waals surface area (Å²) in [6, 6.07) is 15.1. The molecule has 0 amide bonds. The Morgan fingerprint density at radius 3 is 2.50 bits per heavy atom. The molecule has 2 heterocycles. The molecule has 2 aliphatic heterocycles. The molecule has 0 fully saturated rings. The fourth-order valence-electron chi connectivity index (χ4n) is 2.95. The number of pyridine rings is 1. The Kier molecular flexibility index (Phi) is 3.34. The zero-order valence-corrected chi connectivity index (χ0v) is 13.7. The molecule has 0 spiro atoms. The van der Waals surface area contributed by atoms with Crippen LogP contribution in [-0.2, 0) is 7.05 Å². The van der Waals surface area contributed by atoms with Gasteiger partial charge in [0.15, 0.2) is 5.82 Å². The molecule has 0 bridgehead atoms. The summed E-state index contributed by atoms with van der Waals surface area (Å²) in [4.78, 5) is 28.7. The van der Waals surface area contributed by atoms with Gasteiger partial charge in [0, 0.05) is 12.7 Å². The van der Waals surface area contributed by atoms with Crippen molar-refractivity contribution < 1.29 is 5.11 Å². The van der Waals surface area contributed by atoms with E-state index in [-0.39, 0.29) is 17.1 Å². The predicted octanol–water partition coefficient (Wildman–Crippen LogP) is 1.77. The molecule has 0 saturated heterocycles. The van der Waals surface area contributed by atoms with Crippen LogP contribution in [0, 0.1) is 11.3 Å². The molecule has 126 valence electrons. The molecule has 0 atom stereocenters. The Hall–Kier alpha value is -3.92. The largest absolute Gasteiger partial charge is 0.508 e. The Morgan fingerprint density at radius 2 is 1.81 bits per heavy atom. The molecule has 0 saturated carbocycles. The average Bonchev–Trinajstić information content (AvgIpc) is 2.65. The predicted molar refractivity (Wildman–Crippen MR) is 95.6 cm³/mol. The van der Waals surface area contributed by atoms with Crippen LogP contribution < -0.4 is 11.2 Å². The fourth-order valence-corrected chi connectivity index (χ4v) is 2.95. The van der Waals surface area contributed by atoms with Gasteiger partial charge in [-0.2, -0.15) is 10.2 Å². The van der Waals surface area contributed by atoms with Crippen molar-refractivity contribution >= 4 is 10.9 Å². The Labute approximate surface area is 147 Å². The molecule has 7 heteroatoms. The first-order valence-electron chi connectivity index (χ1n) is 7.75. The Bertz CT molecular complexity index is 1290. The number of aromatic nitrogens is 3. The van der Waals surface area contributed by atoms with Crippen LogP contribution in [-0.4, -0.2) is 19.2 Å². The van der Waals surface area contributed by atoms with Gasteiger partial charge in [0.1, 0.15) is 5.75 Å². The molecular weight excluding hydrogens is 332 g/mol. The molecule has 0 aromatic heterocycles. The van der Waals surface area contributed by atoms with E-state index in [2.05, 4.69) is 11.1 Å². The topological polar surface area (TPSA) is 101 Å². The van der Waals surface area contributed by atoms with Gasteiger partial charge in [0.05, 0.1) is 22.7 Å². The number of nitrogens with zero attached hydrogens (tertiary/aromatic N) is 4. The van der Waals surface area contributed by atoms with E-state index in [1.54, 1.807) is 41.0 Å². The first-order valence-corrected chi connectivity index (χ1v) is 7.75. The maximum Gasteiger partial charge on any atom is 0.352 e. The number of hydrogen-bond donors (Lipinski definition) is 1. The van der Waals surface area contributed by atoms with E-state index in [0.717, 1.165) is 9.95 Å². The second kappa shape index (κ2) is 5.57. The van der Waals surface area contributed by atoms with Crippen LogP contribution in [0.4, 0.5) is 0 Å². The van der Waals surface area contributed by atoms with Crippen LogP contribution in [0.1, 0.15) is 5.56 Å². The number of phenols is 1. The maximum atomic E-state index is 12.6. The number of nitriles is 1. The minimum absolute atomic E-state index is 0.0880. The lowest BCUT2D eigenvalue weighted by Crippen LogP contribution is -2.35. The normalized spacial score (nSPS) is 10.9. The molecule has 26 heavy (non-hydrogen) atoms. The fraction of sp³-hybridized carbons (Fsp3) is 0.0526. The molecule has 2 aromatic rings. The van der Waals surface area contributed by atoms with Crippen LogP contribution in [0.15, 0.2) is 58.1 Å². The van der Waals surface area contributed by atoms with Crippen LogP contribution in [0.5, 0.6) is 5.75 Å². The summed E-state index contributed by atoms with van der Waals surface area (Å²) in [5.74, 6) is 0.288. The molecular formula is C19H12N4O3. The number of hydrogen-bond acceptors (Lipinski definition) is 5. The summed E-state index contributed by atoms with van der Waals surface area (Å²) in [5.41, 5.74) is 0.855.